The second-order valence-corrected chi connectivity index (χ2v) is 5.04. The second-order valence-electron chi connectivity index (χ2n) is 3.92. The molecule has 1 aliphatic carbocycles. The molecule has 0 heterocycles. The highest BCUT2D eigenvalue weighted by atomic mass is 32.1. The van der Waals surface area contributed by atoms with Gasteiger partial charge in [0.15, 0.2) is 0 Å². The summed E-state index contributed by atoms with van der Waals surface area (Å²) in [5, 5.41) is 6.54. The van der Waals surface area contributed by atoms with Gasteiger partial charge in [0.05, 0.1) is 0 Å². The Morgan fingerprint density at radius 2 is 1.69 bits per heavy atom. The monoisotopic (exact) mass is 264 g/mol. The number of ether oxygens (including phenoxy) is 1. The number of carboxylic acids is 1. The maximum Gasteiger partial charge on any atom is 0.320 e. The summed E-state index contributed by atoms with van der Waals surface area (Å²) in [6, 6.07) is 0. The number of esters is 1. The number of aliphatic carboxylic acids is 1. The average Bonchev–Trinajstić information content (AvgIpc) is 2.28. The highest BCUT2D eigenvalue weighted by Gasteiger charge is 2.31. The van der Waals surface area contributed by atoms with Gasteiger partial charge in [-0.25, -0.2) is 0 Å². The minimum atomic E-state index is -1.16. The van der Waals surface area contributed by atoms with E-state index in [0.717, 1.165) is 25.7 Å². The molecule has 0 bridgehead atoms. The minimum Gasteiger partial charge on any atom is -0.480 e. The molecule has 0 spiro atoms. The Bertz CT molecular complexity index is 264. The van der Waals surface area contributed by atoms with Crippen LogP contribution in [-0.4, -0.2) is 33.6 Å². The average molecular weight is 264 g/mol. The molecule has 0 aliphatic heterocycles. The van der Waals surface area contributed by atoms with Gasteiger partial charge < -0.3 is 9.84 Å². The highest BCUT2D eigenvalue weighted by Crippen LogP contribution is 2.22. The van der Waals surface area contributed by atoms with Gasteiger partial charge in [0, 0.05) is 0 Å². The van der Waals surface area contributed by atoms with E-state index in [0.29, 0.717) is 0 Å². The van der Waals surface area contributed by atoms with Crippen LogP contribution in [-0.2, 0) is 14.3 Å². The maximum atomic E-state index is 11.5. The third kappa shape index (κ3) is 3.90. The molecule has 0 saturated heterocycles. The van der Waals surface area contributed by atoms with Crippen molar-refractivity contribution in [3.8, 4) is 0 Å². The molecular formula is C10H16O4S2. The van der Waals surface area contributed by atoms with Crippen molar-refractivity contribution in [1.29, 1.82) is 0 Å². The van der Waals surface area contributed by atoms with Crippen molar-refractivity contribution >= 4 is 37.2 Å². The number of carbonyl (C=O) groups excluding carboxylic acids is 1. The molecule has 1 saturated carbocycles. The molecular weight excluding hydrogens is 248 g/mol. The van der Waals surface area contributed by atoms with Crippen molar-refractivity contribution in [2.75, 3.05) is 0 Å². The van der Waals surface area contributed by atoms with Crippen molar-refractivity contribution in [2.45, 2.75) is 48.7 Å². The van der Waals surface area contributed by atoms with Crippen molar-refractivity contribution in [3.05, 3.63) is 0 Å². The van der Waals surface area contributed by atoms with E-state index >= 15 is 0 Å². The summed E-state index contributed by atoms with van der Waals surface area (Å²) >= 11 is 7.73. The predicted molar refractivity (Wildman–Crippen MR) is 66.1 cm³/mol. The third-order valence-corrected chi connectivity index (χ3v) is 3.89. The van der Waals surface area contributed by atoms with Crippen molar-refractivity contribution in [2.24, 2.45) is 0 Å². The predicted octanol–water partition coefficient (Wildman–Crippen LogP) is 1.54. The SMILES string of the molecule is O=C(O)C(S)C(S)C(=O)OC1CCCCC1. The molecule has 0 aromatic heterocycles. The first-order valence-corrected chi connectivity index (χ1v) is 6.35. The molecule has 16 heavy (non-hydrogen) atoms. The zero-order valence-corrected chi connectivity index (χ0v) is 10.6. The van der Waals surface area contributed by atoms with Gasteiger partial charge in [-0.2, -0.15) is 25.3 Å². The summed E-state index contributed by atoms with van der Waals surface area (Å²) in [4.78, 5) is 22.2. The Kier molecular flexibility index (Phi) is 5.48. The van der Waals surface area contributed by atoms with Gasteiger partial charge in [0.25, 0.3) is 0 Å². The Morgan fingerprint density at radius 3 is 2.19 bits per heavy atom. The van der Waals surface area contributed by atoms with E-state index in [1.165, 1.54) is 6.42 Å². The minimum absolute atomic E-state index is 0.0785. The summed E-state index contributed by atoms with van der Waals surface area (Å²) in [7, 11) is 0. The normalized spacial score (nSPS) is 21.1. The molecule has 2 unspecified atom stereocenters. The Hall–Kier alpha value is -0.360. The lowest BCUT2D eigenvalue weighted by Gasteiger charge is -2.24. The van der Waals surface area contributed by atoms with E-state index in [2.05, 4.69) is 25.3 Å². The van der Waals surface area contributed by atoms with Crippen LogP contribution in [0.4, 0.5) is 0 Å². The van der Waals surface area contributed by atoms with Crippen LogP contribution in [0.25, 0.3) is 0 Å². The summed E-state index contributed by atoms with van der Waals surface area (Å²) in [6.45, 7) is 0. The lowest BCUT2D eigenvalue weighted by molar-refractivity contribution is -0.152. The van der Waals surface area contributed by atoms with E-state index in [1.54, 1.807) is 0 Å². The van der Waals surface area contributed by atoms with Gasteiger partial charge in [-0.1, -0.05) is 6.42 Å². The maximum absolute atomic E-state index is 11.5. The van der Waals surface area contributed by atoms with Crippen LogP contribution < -0.4 is 0 Å². The van der Waals surface area contributed by atoms with E-state index in [1.807, 2.05) is 0 Å². The molecule has 2 atom stereocenters. The quantitative estimate of drug-likeness (QED) is 0.532. The number of hydrogen-bond donors (Lipinski definition) is 3. The molecule has 1 N–H and O–H groups in total. The van der Waals surface area contributed by atoms with Gasteiger partial charge in [-0.15, -0.1) is 0 Å². The number of carbonyl (C=O) groups is 2. The summed E-state index contributed by atoms with van der Waals surface area (Å²) < 4.78 is 5.20. The first kappa shape index (κ1) is 13.7. The molecule has 0 aromatic carbocycles. The Balaban J connectivity index is 2.41. The first-order valence-electron chi connectivity index (χ1n) is 5.32. The summed E-state index contributed by atoms with van der Waals surface area (Å²) in [6.07, 6.45) is 4.91. The van der Waals surface area contributed by atoms with Gasteiger partial charge in [-0.05, 0) is 25.7 Å². The van der Waals surface area contributed by atoms with Crippen LogP contribution in [0.3, 0.4) is 0 Å². The Labute approximate surface area is 106 Å². The third-order valence-electron chi connectivity index (χ3n) is 2.63. The molecule has 0 aromatic rings. The standard InChI is InChI=1S/C10H16O4S2/c11-9(12)7(15)8(16)10(13)14-6-4-2-1-3-5-6/h6-8,15-16H,1-5H2,(H,11,12). The topological polar surface area (TPSA) is 63.6 Å². The van der Waals surface area contributed by atoms with Crippen LogP contribution in [0.15, 0.2) is 0 Å². The van der Waals surface area contributed by atoms with Crippen LogP contribution in [0, 0.1) is 0 Å². The highest BCUT2D eigenvalue weighted by molar-refractivity contribution is 7.86. The summed E-state index contributed by atoms with van der Waals surface area (Å²) in [5.74, 6) is -1.75. The second kappa shape index (κ2) is 6.39. The molecule has 6 heteroatoms. The van der Waals surface area contributed by atoms with Gasteiger partial charge >= 0.3 is 11.9 Å². The number of rotatable bonds is 4. The molecule has 1 rings (SSSR count). The van der Waals surface area contributed by atoms with Gasteiger partial charge in [0.1, 0.15) is 16.6 Å². The van der Waals surface area contributed by atoms with Crippen molar-refractivity contribution < 1.29 is 19.4 Å². The smallest absolute Gasteiger partial charge is 0.320 e. The largest absolute Gasteiger partial charge is 0.480 e. The molecule has 4 nitrogen and oxygen atoms in total. The fourth-order valence-electron chi connectivity index (χ4n) is 1.68. The number of thiol groups is 2. The number of hydrogen-bond acceptors (Lipinski definition) is 5. The zero-order chi connectivity index (χ0) is 12.1. The van der Waals surface area contributed by atoms with Crippen LogP contribution in [0.5, 0.6) is 0 Å². The van der Waals surface area contributed by atoms with Crippen molar-refractivity contribution in [3.63, 3.8) is 0 Å². The fraction of sp³-hybridized carbons (Fsp3) is 0.800. The first-order chi connectivity index (χ1) is 7.52. The van der Waals surface area contributed by atoms with Gasteiger partial charge in [-0.3, -0.25) is 9.59 Å². The number of carboxylic acid groups (broad SMARTS) is 1. The van der Waals surface area contributed by atoms with Crippen molar-refractivity contribution in [1.82, 2.24) is 0 Å². The van der Waals surface area contributed by atoms with Crippen LogP contribution >= 0.6 is 25.3 Å². The molecule has 0 radical (unpaired) electrons. The van der Waals surface area contributed by atoms with Gasteiger partial charge in [0.2, 0.25) is 0 Å². The molecule has 0 amide bonds. The van der Waals surface area contributed by atoms with E-state index in [9.17, 15) is 9.59 Å². The lowest BCUT2D eigenvalue weighted by Crippen LogP contribution is -2.35. The van der Waals surface area contributed by atoms with E-state index < -0.39 is 22.4 Å². The van der Waals surface area contributed by atoms with E-state index in [4.69, 9.17) is 9.84 Å². The van der Waals surface area contributed by atoms with Crippen LogP contribution in [0.2, 0.25) is 0 Å². The Morgan fingerprint density at radius 1 is 1.12 bits per heavy atom. The molecule has 1 fully saturated rings. The van der Waals surface area contributed by atoms with E-state index in [-0.39, 0.29) is 6.10 Å². The summed E-state index contributed by atoms with van der Waals surface area (Å²) in [5.41, 5.74) is 0. The fourth-order valence-corrected chi connectivity index (χ4v) is 1.99. The molecule has 92 valence electrons. The lowest BCUT2D eigenvalue weighted by atomic mass is 9.98. The van der Waals surface area contributed by atoms with Crippen LogP contribution in [0.1, 0.15) is 32.1 Å². The molecule has 1 aliphatic rings. The zero-order valence-electron chi connectivity index (χ0n) is 8.83.